The van der Waals surface area contributed by atoms with Gasteiger partial charge in [0.1, 0.15) is 6.10 Å². The van der Waals surface area contributed by atoms with E-state index in [-0.39, 0.29) is 48.1 Å². The molecule has 0 heterocycles. The quantitative estimate of drug-likeness (QED) is 0.0329. The van der Waals surface area contributed by atoms with Crippen molar-refractivity contribution in [3.63, 3.8) is 0 Å². The monoisotopic (exact) mass is 876 g/mol. The first-order valence-corrected chi connectivity index (χ1v) is 26.0. The molecule has 0 saturated heterocycles. The largest absolute Gasteiger partial charge is 0.465 e. The van der Waals surface area contributed by atoms with Gasteiger partial charge in [-0.3, -0.25) is 19.2 Å². The minimum atomic E-state index is -0.365. The number of rotatable bonds is 44. The van der Waals surface area contributed by atoms with Gasteiger partial charge in [-0.05, 0) is 77.4 Å². The highest BCUT2D eigenvalue weighted by atomic mass is 32.2. The van der Waals surface area contributed by atoms with Gasteiger partial charge in [-0.2, -0.15) is 0 Å². The van der Waals surface area contributed by atoms with E-state index in [2.05, 4.69) is 27.7 Å². The first kappa shape index (κ1) is 57.5. The second-order valence-electron chi connectivity index (χ2n) is 16.4. The Balaban J connectivity index is 4.39. The number of unbranched alkanes of at least 4 members (excludes halogenated alkanes) is 8. The Morgan fingerprint density at radius 3 is 1.36 bits per heavy atom. The number of nitrogens with zero attached hydrogens (tertiary/aromatic N) is 1. The SMILES string of the molecule is CCCCCC(CCCCC)CCOC(=O)CSCCOCCCC(CCCOC(=O)CSCC(=O)OCCC(CCCCC)CCCCC)OC(=O)CCCN(C)C. The molecule has 12 heteroatoms. The third kappa shape index (κ3) is 40.3. The number of carbonyl (C=O) groups is 4. The molecule has 0 saturated carbocycles. The Morgan fingerprint density at radius 1 is 0.458 bits per heavy atom. The smallest absolute Gasteiger partial charge is 0.315 e. The molecule has 0 rings (SSSR count). The van der Waals surface area contributed by atoms with Crippen LogP contribution in [0.15, 0.2) is 0 Å². The lowest BCUT2D eigenvalue weighted by Gasteiger charge is -2.18. The predicted molar refractivity (Wildman–Crippen MR) is 247 cm³/mol. The van der Waals surface area contributed by atoms with Crippen LogP contribution in [0.2, 0.25) is 0 Å². The van der Waals surface area contributed by atoms with Crippen molar-refractivity contribution in [2.45, 2.75) is 188 Å². The van der Waals surface area contributed by atoms with Crippen LogP contribution in [0.5, 0.6) is 0 Å². The maximum Gasteiger partial charge on any atom is 0.315 e. The number of esters is 4. The van der Waals surface area contributed by atoms with E-state index in [1.807, 2.05) is 19.0 Å². The zero-order valence-corrected chi connectivity index (χ0v) is 40.3. The van der Waals surface area contributed by atoms with Crippen LogP contribution in [0.3, 0.4) is 0 Å². The summed E-state index contributed by atoms with van der Waals surface area (Å²) < 4.78 is 28.1. The third-order valence-corrected chi connectivity index (χ3v) is 12.3. The lowest BCUT2D eigenvalue weighted by atomic mass is 9.92. The number of ether oxygens (including phenoxy) is 5. The van der Waals surface area contributed by atoms with Crippen molar-refractivity contribution >= 4 is 47.4 Å². The van der Waals surface area contributed by atoms with E-state index in [0.29, 0.717) is 75.5 Å². The summed E-state index contributed by atoms with van der Waals surface area (Å²) in [5.74, 6) is 1.50. The van der Waals surface area contributed by atoms with Crippen molar-refractivity contribution in [2.24, 2.45) is 11.8 Å². The minimum absolute atomic E-state index is 0.0890. The standard InChI is InChI=1S/C47H89NO9S2/c1-7-11-15-22-41(23-16-12-8-2)29-34-55-45(50)38-58-37-36-53-32-20-26-43(57-44(49)28-19-31-48(5)6)27-21-33-54-46(51)39-59-40-47(52)56-35-30-42(24-17-13-9-3)25-18-14-10-4/h41-43H,7-40H2,1-6H3. The second kappa shape index (κ2) is 43.2. The summed E-state index contributed by atoms with van der Waals surface area (Å²) >= 11 is 2.74. The van der Waals surface area contributed by atoms with E-state index in [4.69, 9.17) is 23.7 Å². The summed E-state index contributed by atoms with van der Waals surface area (Å²) in [6.45, 7) is 12.0. The lowest BCUT2D eigenvalue weighted by molar-refractivity contribution is -0.151. The van der Waals surface area contributed by atoms with Gasteiger partial charge in [0.15, 0.2) is 0 Å². The van der Waals surface area contributed by atoms with E-state index in [1.54, 1.807) is 0 Å². The molecule has 0 bridgehead atoms. The molecule has 0 aliphatic heterocycles. The van der Waals surface area contributed by atoms with E-state index in [1.165, 1.54) is 126 Å². The van der Waals surface area contributed by atoms with Crippen LogP contribution >= 0.6 is 23.5 Å². The Kier molecular flexibility index (Phi) is 42.1. The van der Waals surface area contributed by atoms with Crippen LogP contribution in [0.25, 0.3) is 0 Å². The van der Waals surface area contributed by atoms with Crippen LogP contribution in [-0.2, 0) is 42.9 Å². The molecule has 0 N–H and O–H groups in total. The summed E-state index contributed by atoms with van der Waals surface area (Å²) in [6, 6.07) is 0. The summed E-state index contributed by atoms with van der Waals surface area (Å²) in [5, 5.41) is 0. The highest BCUT2D eigenvalue weighted by Gasteiger charge is 2.17. The molecule has 59 heavy (non-hydrogen) atoms. The van der Waals surface area contributed by atoms with Gasteiger partial charge in [-0.1, -0.05) is 130 Å². The molecule has 0 spiro atoms. The van der Waals surface area contributed by atoms with E-state index in [0.717, 1.165) is 32.2 Å². The number of carbonyl (C=O) groups excluding carboxylic acids is 4. The maximum atomic E-state index is 12.6. The highest BCUT2D eigenvalue weighted by Crippen LogP contribution is 2.22. The van der Waals surface area contributed by atoms with Crippen molar-refractivity contribution in [3.05, 3.63) is 0 Å². The second-order valence-corrected chi connectivity index (χ2v) is 18.5. The van der Waals surface area contributed by atoms with Crippen molar-refractivity contribution in [2.75, 3.05) is 76.7 Å². The molecule has 348 valence electrons. The van der Waals surface area contributed by atoms with Crippen molar-refractivity contribution < 1.29 is 42.9 Å². The minimum Gasteiger partial charge on any atom is -0.465 e. The van der Waals surface area contributed by atoms with Gasteiger partial charge in [0.25, 0.3) is 0 Å². The Bertz CT molecular complexity index is 983. The summed E-state index contributed by atoms with van der Waals surface area (Å²) in [7, 11) is 3.96. The molecule has 10 nitrogen and oxygen atoms in total. The first-order valence-electron chi connectivity index (χ1n) is 23.7. The average molecular weight is 876 g/mol. The molecular formula is C47H89NO9S2. The summed E-state index contributed by atoms with van der Waals surface area (Å²) in [6.07, 6.45) is 25.0. The van der Waals surface area contributed by atoms with E-state index < -0.39 is 0 Å². The number of hydrogen-bond acceptors (Lipinski definition) is 12. The molecule has 0 radical (unpaired) electrons. The molecule has 0 aliphatic carbocycles. The van der Waals surface area contributed by atoms with Crippen molar-refractivity contribution in [3.8, 4) is 0 Å². The number of thioether (sulfide) groups is 2. The molecule has 0 amide bonds. The van der Waals surface area contributed by atoms with Gasteiger partial charge < -0.3 is 28.6 Å². The average Bonchev–Trinajstić information content (AvgIpc) is 3.20. The lowest BCUT2D eigenvalue weighted by Crippen LogP contribution is -2.21. The van der Waals surface area contributed by atoms with Crippen LogP contribution in [0, 0.1) is 11.8 Å². The van der Waals surface area contributed by atoms with Crippen LogP contribution < -0.4 is 0 Å². The molecule has 0 fully saturated rings. The molecule has 1 atom stereocenters. The van der Waals surface area contributed by atoms with E-state index in [9.17, 15) is 19.2 Å². The zero-order valence-electron chi connectivity index (χ0n) is 38.7. The van der Waals surface area contributed by atoms with Crippen molar-refractivity contribution in [1.82, 2.24) is 4.90 Å². The van der Waals surface area contributed by atoms with Gasteiger partial charge in [0.2, 0.25) is 0 Å². The van der Waals surface area contributed by atoms with Gasteiger partial charge in [-0.15, -0.1) is 23.5 Å². The Labute approximate surface area is 370 Å². The molecular weight excluding hydrogens is 787 g/mol. The van der Waals surface area contributed by atoms with Crippen LogP contribution in [0.1, 0.15) is 182 Å². The fourth-order valence-corrected chi connectivity index (χ4v) is 8.18. The van der Waals surface area contributed by atoms with Gasteiger partial charge >= 0.3 is 23.9 Å². The van der Waals surface area contributed by atoms with Crippen LogP contribution in [-0.4, -0.2) is 112 Å². The summed E-state index contributed by atoms with van der Waals surface area (Å²) in [5.41, 5.74) is 0. The first-order chi connectivity index (χ1) is 28.6. The van der Waals surface area contributed by atoms with Gasteiger partial charge in [0.05, 0.1) is 43.7 Å². The fraction of sp³-hybridized carbons (Fsp3) is 0.915. The Hall–Kier alpha value is -1.50. The van der Waals surface area contributed by atoms with E-state index >= 15 is 0 Å². The molecule has 1 unspecified atom stereocenters. The number of hydrogen-bond donors (Lipinski definition) is 0. The predicted octanol–water partition coefficient (Wildman–Crippen LogP) is 11.2. The van der Waals surface area contributed by atoms with Crippen LogP contribution in [0.4, 0.5) is 0 Å². The normalized spacial score (nSPS) is 12.0. The van der Waals surface area contributed by atoms with Gasteiger partial charge in [-0.25, -0.2) is 0 Å². The molecule has 0 aromatic rings. The summed E-state index contributed by atoms with van der Waals surface area (Å²) in [4.78, 5) is 51.6. The third-order valence-electron chi connectivity index (χ3n) is 10.5. The molecule has 0 aliphatic rings. The molecule has 0 aromatic carbocycles. The maximum absolute atomic E-state index is 12.6. The van der Waals surface area contributed by atoms with Gasteiger partial charge in [0, 0.05) is 18.8 Å². The fourth-order valence-electron chi connectivity index (χ4n) is 6.95. The topological polar surface area (TPSA) is 118 Å². The zero-order chi connectivity index (χ0) is 43.6. The van der Waals surface area contributed by atoms with Crippen molar-refractivity contribution in [1.29, 1.82) is 0 Å². The highest BCUT2D eigenvalue weighted by molar-refractivity contribution is 8.00. The Morgan fingerprint density at radius 2 is 0.898 bits per heavy atom. The molecule has 0 aromatic heterocycles.